The standard InChI is InChI=1S/C14H20N2O6S2/c1-3-22-12(17)8-15-14(18)11-9-21-7-6-16(11)24(19,20)13-5-4-10(2)23-13/h4-5,11H,3,6-9H2,1-2H3,(H,15,18)/t11-/m1/s1. The Morgan fingerprint density at radius 1 is 1.46 bits per heavy atom. The van der Waals surface area contributed by atoms with E-state index in [1.54, 1.807) is 13.0 Å². The van der Waals surface area contributed by atoms with E-state index in [-0.39, 0.29) is 37.1 Å². The Bertz CT molecular complexity index is 700. The van der Waals surface area contributed by atoms with Crippen LogP contribution in [-0.4, -0.2) is 63.6 Å². The van der Waals surface area contributed by atoms with Crippen molar-refractivity contribution in [2.75, 3.05) is 32.9 Å². The van der Waals surface area contributed by atoms with Crippen LogP contribution < -0.4 is 5.32 Å². The van der Waals surface area contributed by atoms with E-state index in [1.807, 2.05) is 6.92 Å². The first-order valence-electron chi connectivity index (χ1n) is 7.45. The monoisotopic (exact) mass is 376 g/mol. The SMILES string of the molecule is CCOC(=O)CNC(=O)[C@H]1COCCN1S(=O)(=O)c1ccc(C)s1. The predicted molar refractivity (Wildman–Crippen MR) is 87.2 cm³/mol. The van der Waals surface area contributed by atoms with E-state index in [9.17, 15) is 18.0 Å². The molecule has 0 radical (unpaired) electrons. The number of nitrogens with zero attached hydrogens (tertiary/aromatic N) is 1. The van der Waals surface area contributed by atoms with Crippen LogP contribution in [0.15, 0.2) is 16.3 Å². The molecule has 1 amide bonds. The molecule has 1 aromatic rings. The molecular weight excluding hydrogens is 356 g/mol. The van der Waals surface area contributed by atoms with E-state index < -0.39 is 27.9 Å². The number of hydrogen-bond donors (Lipinski definition) is 1. The van der Waals surface area contributed by atoms with Crippen LogP contribution in [0.3, 0.4) is 0 Å². The van der Waals surface area contributed by atoms with Gasteiger partial charge in [-0.3, -0.25) is 9.59 Å². The number of amides is 1. The Kier molecular flexibility index (Phi) is 6.33. The molecule has 0 unspecified atom stereocenters. The Hall–Kier alpha value is -1.49. The molecule has 1 atom stereocenters. The summed E-state index contributed by atoms with van der Waals surface area (Å²) in [5.41, 5.74) is 0. The second-order valence-electron chi connectivity index (χ2n) is 5.09. The van der Waals surface area contributed by atoms with E-state index in [4.69, 9.17) is 9.47 Å². The number of aryl methyl sites for hydroxylation is 1. The van der Waals surface area contributed by atoms with Crippen molar-refractivity contribution in [3.05, 3.63) is 17.0 Å². The van der Waals surface area contributed by atoms with Crippen LogP contribution in [0.4, 0.5) is 0 Å². The summed E-state index contributed by atoms with van der Waals surface area (Å²) < 4.78 is 36.8. The molecule has 1 aliphatic rings. The van der Waals surface area contributed by atoms with Crippen molar-refractivity contribution >= 4 is 33.2 Å². The van der Waals surface area contributed by atoms with Crippen LogP contribution >= 0.6 is 11.3 Å². The second-order valence-corrected chi connectivity index (χ2v) is 8.50. The Balaban J connectivity index is 2.12. The van der Waals surface area contributed by atoms with Crippen molar-refractivity contribution < 1.29 is 27.5 Å². The van der Waals surface area contributed by atoms with Gasteiger partial charge in [0, 0.05) is 11.4 Å². The molecule has 0 bridgehead atoms. The first-order chi connectivity index (χ1) is 11.4. The van der Waals surface area contributed by atoms with Crippen molar-refractivity contribution in [3.63, 3.8) is 0 Å². The highest BCUT2D eigenvalue weighted by Crippen LogP contribution is 2.26. The summed E-state index contributed by atoms with van der Waals surface area (Å²) in [6.07, 6.45) is 0. The van der Waals surface area contributed by atoms with Gasteiger partial charge in [0.1, 0.15) is 16.8 Å². The van der Waals surface area contributed by atoms with Crippen LogP contribution in [0, 0.1) is 6.92 Å². The fourth-order valence-corrected chi connectivity index (χ4v) is 5.21. The maximum atomic E-state index is 12.8. The zero-order valence-electron chi connectivity index (χ0n) is 13.5. The molecule has 1 saturated heterocycles. The topological polar surface area (TPSA) is 102 Å². The first-order valence-corrected chi connectivity index (χ1v) is 9.71. The molecule has 134 valence electrons. The fourth-order valence-electron chi connectivity index (χ4n) is 2.24. The van der Waals surface area contributed by atoms with Crippen molar-refractivity contribution in [2.24, 2.45) is 0 Å². The number of ether oxygens (including phenoxy) is 2. The lowest BCUT2D eigenvalue weighted by Crippen LogP contribution is -2.56. The number of carbonyl (C=O) groups is 2. The molecule has 0 spiro atoms. The maximum absolute atomic E-state index is 12.8. The highest BCUT2D eigenvalue weighted by Gasteiger charge is 2.39. The maximum Gasteiger partial charge on any atom is 0.325 e. The van der Waals surface area contributed by atoms with Crippen molar-refractivity contribution in [2.45, 2.75) is 24.1 Å². The number of esters is 1. The summed E-state index contributed by atoms with van der Waals surface area (Å²) >= 11 is 1.15. The minimum atomic E-state index is -3.79. The van der Waals surface area contributed by atoms with Crippen molar-refractivity contribution in [1.82, 2.24) is 9.62 Å². The van der Waals surface area contributed by atoms with Gasteiger partial charge in [0.05, 0.1) is 19.8 Å². The van der Waals surface area contributed by atoms with Gasteiger partial charge in [0.15, 0.2) is 0 Å². The van der Waals surface area contributed by atoms with Crippen LogP contribution in [0.2, 0.25) is 0 Å². The highest BCUT2D eigenvalue weighted by molar-refractivity contribution is 7.91. The van der Waals surface area contributed by atoms with Gasteiger partial charge in [-0.2, -0.15) is 4.31 Å². The van der Waals surface area contributed by atoms with E-state index in [0.29, 0.717) is 0 Å². The number of hydrogen-bond acceptors (Lipinski definition) is 7. The van der Waals surface area contributed by atoms with Crippen LogP contribution in [0.5, 0.6) is 0 Å². The Morgan fingerprint density at radius 3 is 2.83 bits per heavy atom. The van der Waals surface area contributed by atoms with Gasteiger partial charge in [-0.05, 0) is 26.0 Å². The number of carbonyl (C=O) groups excluding carboxylic acids is 2. The quantitative estimate of drug-likeness (QED) is 0.708. The summed E-state index contributed by atoms with van der Waals surface area (Å²) in [5, 5.41) is 2.40. The van der Waals surface area contributed by atoms with E-state index in [1.165, 1.54) is 6.07 Å². The van der Waals surface area contributed by atoms with Crippen molar-refractivity contribution in [1.29, 1.82) is 0 Å². The minimum absolute atomic E-state index is 0.0573. The lowest BCUT2D eigenvalue weighted by molar-refractivity contribution is -0.144. The molecular formula is C14H20N2O6S2. The first kappa shape index (κ1) is 18.8. The number of rotatable bonds is 6. The molecule has 0 aromatic carbocycles. The average molecular weight is 376 g/mol. The summed E-state index contributed by atoms with van der Waals surface area (Å²) in [5.74, 6) is -1.16. The minimum Gasteiger partial charge on any atom is -0.465 e. The lowest BCUT2D eigenvalue weighted by atomic mass is 10.2. The van der Waals surface area contributed by atoms with Gasteiger partial charge in [0.25, 0.3) is 10.0 Å². The molecule has 0 aliphatic carbocycles. The summed E-state index contributed by atoms with van der Waals surface area (Å²) in [6.45, 7) is 3.60. The van der Waals surface area contributed by atoms with Crippen LogP contribution in [0.1, 0.15) is 11.8 Å². The van der Waals surface area contributed by atoms with Gasteiger partial charge >= 0.3 is 5.97 Å². The molecule has 1 aromatic heterocycles. The van der Waals surface area contributed by atoms with Gasteiger partial charge in [0.2, 0.25) is 5.91 Å². The Labute approximate surface area is 144 Å². The van der Waals surface area contributed by atoms with E-state index in [2.05, 4.69) is 5.32 Å². The molecule has 2 heterocycles. The van der Waals surface area contributed by atoms with E-state index >= 15 is 0 Å². The van der Waals surface area contributed by atoms with Gasteiger partial charge in [-0.15, -0.1) is 11.3 Å². The third-order valence-corrected chi connectivity index (χ3v) is 6.75. The molecule has 1 aliphatic heterocycles. The number of nitrogens with one attached hydrogen (secondary N) is 1. The highest BCUT2D eigenvalue weighted by atomic mass is 32.2. The molecule has 10 heteroatoms. The third-order valence-electron chi connectivity index (χ3n) is 3.37. The van der Waals surface area contributed by atoms with Crippen molar-refractivity contribution in [3.8, 4) is 0 Å². The smallest absolute Gasteiger partial charge is 0.325 e. The predicted octanol–water partition coefficient (Wildman–Crippen LogP) is 0.125. The molecule has 1 N–H and O–H groups in total. The summed E-state index contributed by atoms with van der Waals surface area (Å²) in [6, 6.07) is 2.23. The molecule has 24 heavy (non-hydrogen) atoms. The van der Waals surface area contributed by atoms with E-state index in [0.717, 1.165) is 20.5 Å². The third kappa shape index (κ3) is 4.32. The summed E-state index contributed by atoms with van der Waals surface area (Å²) in [7, 11) is -3.79. The molecule has 0 saturated carbocycles. The Morgan fingerprint density at radius 2 is 2.21 bits per heavy atom. The van der Waals surface area contributed by atoms with Gasteiger partial charge < -0.3 is 14.8 Å². The van der Waals surface area contributed by atoms with Gasteiger partial charge in [-0.1, -0.05) is 0 Å². The number of sulfonamides is 1. The second kappa shape index (κ2) is 8.06. The number of thiophene rings is 1. The number of morpholine rings is 1. The average Bonchev–Trinajstić information content (AvgIpc) is 3.00. The zero-order valence-corrected chi connectivity index (χ0v) is 15.1. The molecule has 8 nitrogen and oxygen atoms in total. The molecule has 2 rings (SSSR count). The fraction of sp³-hybridized carbons (Fsp3) is 0.571. The summed E-state index contributed by atoms with van der Waals surface area (Å²) in [4.78, 5) is 24.5. The largest absolute Gasteiger partial charge is 0.465 e. The van der Waals surface area contributed by atoms with Gasteiger partial charge in [-0.25, -0.2) is 8.42 Å². The zero-order chi connectivity index (χ0) is 17.7. The molecule has 1 fully saturated rings. The van der Waals surface area contributed by atoms with Crippen LogP contribution in [0.25, 0.3) is 0 Å². The van der Waals surface area contributed by atoms with Crippen LogP contribution in [-0.2, 0) is 29.1 Å². The lowest BCUT2D eigenvalue weighted by Gasteiger charge is -2.33. The normalized spacial score (nSPS) is 19.0.